The van der Waals surface area contributed by atoms with E-state index in [2.05, 4.69) is 59.2 Å². The highest BCUT2D eigenvalue weighted by Gasteiger charge is 2.18. The van der Waals surface area contributed by atoms with Gasteiger partial charge >= 0.3 is 41.8 Å². The SMILES string of the molecule is C=C(C)C(=O)Oc1ccc2cc(O)ccc2c1.C=C(C)C(=O)Oc1ccc2ccc(O)cc2c1.C=C(C)C(=O)Oc1ccc2cccc(O)c2c1.C=C(C)C(=O)Oc1cccc(O)c1.C=C(C)C(=O)Oc1cccc2c(O)c(O)ccc12.C=C(C)C(=O)Oc1cccc2c(O)cccc12.C=C(C)C(=O)Oc1cccc2cccc(O)c12.C=Cc1ccc2cc(O)ccc2c1.C=Cc1cccc2c(O)cccc12. The van der Waals surface area contributed by atoms with Crippen LogP contribution in [-0.2, 0) is 33.6 Å². The van der Waals surface area contributed by atoms with Crippen molar-refractivity contribution in [3.63, 3.8) is 0 Å². The first kappa shape index (κ1) is 106. The molecule has 10 N–H and O–H groups in total. The first-order chi connectivity index (χ1) is 67.6. The number of hydrogen-bond donors (Lipinski definition) is 10. The molecular weight excluding hydrogens is 1800 g/mol. The summed E-state index contributed by atoms with van der Waals surface area (Å²) in [4.78, 5) is 79.4. The van der Waals surface area contributed by atoms with Gasteiger partial charge in [-0.05, 0) is 254 Å². The van der Waals surface area contributed by atoms with Crippen LogP contribution in [0.15, 0.2) is 408 Å². The van der Waals surface area contributed by atoms with Crippen LogP contribution in [0, 0.1) is 0 Å². The summed E-state index contributed by atoms with van der Waals surface area (Å²) < 4.78 is 35.7. The highest BCUT2D eigenvalue weighted by molar-refractivity contribution is 6.02. The van der Waals surface area contributed by atoms with E-state index in [0.717, 1.165) is 65.0 Å². The van der Waals surface area contributed by atoms with E-state index in [0.29, 0.717) is 118 Å². The lowest BCUT2D eigenvalue weighted by molar-refractivity contribution is -0.130. The van der Waals surface area contributed by atoms with Gasteiger partial charge in [0.2, 0.25) is 0 Å². The molecule has 0 amide bonds. The Balaban J connectivity index is 0.000000179. The van der Waals surface area contributed by atoms with Gasteiger partial charge in [-0.15, -0.1) is 0 Å². The van der Waals surface area contributed by atoms with Crippen LogP contribution in [0.4, 0.5) is 0 Å². The number of carbonyl (C=O) groups is 7. The fourth-order valence-electron chi connectivity index (χ4n) is 12.7. The van der Waals surface area contributed by atoms with Crippen molar-refractivity contribution in [1.29, 1.82) is 0 Å². The van der Waals surface area contributed by atoms with Crippen molar-refractivity contribution in [2.75, 3.05) is 0 Å². The molecule has 24 nitrogen and oxygen atoms in total. The standard InChI is InChI=1S/C14H12O4.5C14H12O3.2C12H10O.C10H10O3/c1-8(2)14(17)18-12-5-3-4-10-9(12)6-7-11(15)13(10)16;1-9(2)14(16)17-13-8-4-5-10-11(13)6-3-7-12(10)15;1-9(2)14(16)17-13-6-4-10-7-12(15)5-3-11(10)8-13;1-9(2)14(16)17-13-6-4-10-3-5-12(15)7-11(10)8-13;1-9(2)14(16)17-12-8-4-6-10-5-3-7-11(15)13(10)12;1-9(2)14(16)17-11-7-6-10-4-3-5-13(15)12(10)8-11;1-2-9-5-3-7-11-10(9)6-4-8-12(11)13;1-2-9-3-4-11-8-12(13)6-5-10(11)7-9;1-7(2)10(12)13-9-5-3-4-8(11)6-9/h3-7,15-16H,1H2,2H3;5*3-8,15H,1H2,2H3;2*2-8,13H,1H2;3-6,11H,1H2,2H3. The summed E-state index contributed by atoms with van der Waals surface area (Å²) in [6.45, 7) is 43.0. The average Bonchev–Trinajstić information content (AvgIpc) is 0.809. The number of fused-ring (bicyclic) bond motifs is 8. The van der Waals surface area contributed by atoms with E-state index >= 15 is 0 Å². The second-order valence-electron chi connectivity index (χ2n) is 31.7. The number of phenols is 10. The second kappa shape index (κ2) is 50.4. The van der Waals surface area contributed by atoms with Crippen LogP contribution < -0.4 is 33.2 Å². The Bertz CT molecular complexity index is 7750. The predicted molar refractivity (Wildman–Crippen MR) is 558 cm³/mol. The molecule has 0 fully saturated rings. The van der Waals surface area contributed by atoms with E-state index < -0.39 is 41.8 Å². The Morgan fingerprint density at radius 3 is 1.04 bits per heavy atom. The quantitative estimate of drug-likeness (QED) is 0.0186. The number of phenolic OH excluding ortho intramolecular Hbond substituents is 10. The topological polar surface area (TPSA) is 386 Å². The molecule has 0 atom stereocenters. The zero-order valence-corrected chi connectivity index (χ0v) is 78.7. The monoisotopic (exact) mass is 1900 g/mol. The van der Waals surface area contributed by atoms with Gasteiger partial charge in [-0.25, -0.2) is 33.6 Å². The van der Waals surface area contributed by atoms with Crippen molar-refractivity contribution in [3.05, 3.63) is 419 Å². The van der Waals surface area contributed by atoms with E-state index in [-0.39, 0.29) is 51.6 Å². The first-order valence-corrected chi connectivity index (χ1v) is 43.2. The van der Waals surface area contributed by atoms with Gasteiger partial charge in [0.25, 0.3) is 0 Å². The van der Waals surface area contributed by atoms with Gasteiger partial charge < -0.3 is 84.2 Å². The smallest absolute Gasteiger partial charge is 0.338 e. The van der Waals surface area contributed by atoms with E-state index in [4.69, 9.17) is 38.3 Å². The molecule has 24 heteroatoms. The van der Waals surface area contributed by atoms with Gasteiger partial charge in [0.05, 0.1) is 5.39 Å². The largest absolute Gasteiger partial charge is 0.508 e. The van der Waals surface area contributed by atoms with Crippen molar-refractivity contribution in [2.24, 2.45) is 0 Å². The van der Waals surface area contributed by atoms with Gasteiger partial charge in [0, 0.05) is 77.4 Å². The molecule has 0 saturated carbocycles. The maximum absolute atomic E-state index is 11.5. The summed E-state index contributed by atoms with van der Waals surface area (Å²) in [6.07, 6.45) is 3.61. The fourth-order valence-corrected chi connectivity index (χ4v) is 12.7. The molecule has 0 aliphatic carbocycles. The van der Waals surface area contributed by atoms with Crippen LogP contribution in [0.1, 0.15) is 59.6 Å². The summed E-state index contributed by atoms with van der Waals surface area (Å²) >= 11 is 0. The van der Waals surface area contributed by atoms with E-state index in [1.54, 1.807) is 267 Å². The highest BCUT2D eigenvalue weighted by atomic mass is 16.6. The summed E-state index contributed by atoms with van der Waals surface area (Å²) in [6, 6.07) is 87.9. The molecule has 0 unspecified atom stereocenters. The van der Waals surface area contributed by atoms with Crippen molar-refractivity contribution in [3.8, 4) is 97.7 Å². The van der Waals surface area contributed by atoms with Crippen LogP contribution in [-0.4, -0.2) is 92.9 Å². The second-order valence-corrected chi connectivity index (χ2v) is 31.7. The molecule has 0 saturated heterocycles. The zero-order chi connectivity index (χ0) is 104. The molecule has 0 heterocycles. The number of carbonyl (C=O) groups excluding carboxylic acids is 7. The molecule has 17 aromatic rings. The molecule has 17 rings (SSSR count). The van der Waals surface area contributed by atoms with Gasteiger partial charge in [-0.1, -0.05) is 229 Å². The van der Waals surface area contributed by atoms with Gasteiger partial charge in [0.1, 0.15) is 86.2 Å². The third-order valence-electron chi connectivity index (χ3n) is 20.0. The Labute approximate surface area is 818 Å². The zero-order valence-electron chi connectivity index (χ0n) is 78.7. The Morgan fingerprint density at radius 1 is 0.218 bits per heavy atom. The lowest BCUT2D eigenvalue weighted by Gasteiger charge is -2.09. The molecule has 0 radical (unpaired) electrons. The van der Waals surface area contributed by atoms with Crippen molar-refractivity contribution >= 4 is 140 Å². The van der Waals surface area contributed by atoms with Crippen molar-refractivity contribution in [2.45, 2.75) is 48.5 Å². The molecule has 142 heavy (non-hydrogen) atoms. The minimum atomic E-state index is -0.532. The number of aromatic hydroxyl groups is 10. The minimum absolute atomic E-state index is 0.0621. The molecule has 17 aromatic carbocycles. The Morgan fingerprint density at radius 2 is 0.542 bits per heavy atom. The molecular formula is C118H102O24. The number of ether oxygens (including phenoxy) is 7. The van der Waals surface area contributed by atoms with Crippen LogP contribution in [0.3, 0.4) is 0 Å². The molecule has 0 aliphatic heterocycles. The summed E-state index contributed by atoms with van der Waals surface area (Å²) in [5.74, 6) is 0.376. The molecule has 0 bridgehead atoms. The molecule has 718 valence electrons. The van der Waals surface area contributed by atoms with E-state index in [1.165, 1.54) is 18.2 Å². The molecule has 0 aromatic heterocycles. The molecule has 0 aliphatic rings. The summed E-state index contributed by atoms with van der Waals surface area (Å²) in [5.41, 5.74) is 4.45. The average molecular weight is 1900 g/mol. The number of benzene rings is 17. The van der Waals surface area contributed by atoms with Gasteiger partial charge in [-0.3, -0.25) is 0 Å². The maximum Gasteiger partial charge on any atom is 0.338 e. The Hall–Kier alpha value is -19.2. The number of esters is 7. The summed E-state index contributed by atoms with van der Waals surface area (Å²) in [7, 11) is 0. The molecule has 0 spiro atoms. The number of hydrogen-bond acceptors (Lipinski definition) is 24. The van der Waals surface area contributed by atoms with Crippen LogP contribution in [0.5, 0.6) is 97.7 Å². The number of rotatable bonds is 16. The normalized spacial score (nSPS) is 10.1. The van der Waals surface area contributed by atoms with E-state index in [9.17, 15) is 79.5 Å². The fraction of sp³-hybridized carbons (Fsp3) is 0.0593. The van der Waals surface area contributed by atoms with Crippen LogP contribution >= 0.6 is 0 Å². The van der Waals surface area contributed by atoms with Gasteiger partial charge in [-0.2, -0.15) is 0 Å². The van der Waals surface area contributed by atoms with Crippen LogP contribution in [0.2, 0.25) is 0 Å². The third-order valence-corrected chi connectivity index (χ3v) is 20.0. The lowest BCUT2D eigenvalue weighted by Crippen LogP contribution is -2.08. The Kier molecular flexibility index (Phi) is 37.8. The van der Waals surface area contributed by atoms with Crippen molar-refractivity contribution < 1.29 is 118 Å². The van der Waals surface area contributed by atoms with E-state index in [1.807, 2.05) is 84.9 Å². The third kappa shape index (κ3) is 30.4. The van der Waals surface area contributed by atoms with Gasteiger partial charge in [0.15, 0.2) is 11.5 Å². The predicted octanol–water partition coefficient (Wildman–Crippen LogP) is 26.1. The minimum Gasteiger partial charge on any atom is -0.508 e. The maximum atomic E-state index is 11.5. The van der Waals surface area contributed by atoms with Crippen molar-refractivity contribution in [1.82, 2.24) is 0 Å². The lowest BCUT2D eigenvalue weighted by atomic mass is 10.0. The highest BCUT2D eigenvalue weighted by Crippen LogP contribution is 2.40. The van der Waals surface area contributed by atoms with Crippen LogP contribution in [0.25, 0.3) is 98.3 Å². The first-order valence-electron chi connectivity index (χ1n) is 43.2. The summed E-state index contributed by atoms with van der Waals surface area (Å²) in [5, 5.41) is 108.